The van der Waals surface area contributed by atoms with E-state index in [4.69, 9.17) is 14.2 Å². The van der Waals surface area contributed by atoms with Crippen LogP contribution in [0.3, 0.4) is 0 Å². The number of carbonyl (C=O) groups excluding carboxylic acids is 1. The minimum atomic E-state index is -1.15. The highest BCUT2D eigenvalue weighted by molar-refractivity contribution is 5.70. The van der Waals surface area contributed by atoms with Gasteiger partial charge in [-0.2, -0.15) is 0 Å². The van der Waals surface area contributed by atoms with Gasteiger partial charge in [-0.3, -0.25) is 4.79 Å². The molecule has 11 heteroatoms. The van der Waals surface area contributed by atoms with E-state index in [1.165, 1.54) is 4.90 Å². The van der Waals surface area contributed by atoms with Crippen molar-refractivity contribution in [3.05, 3.63) is 36.0 Å². The first kappa shape index (κ1) is 39.2. The molecule has 4 N–H and O–H groups in total. The van der Waals surface area contributed by atoms with Gasteiger partial charge in [0.1, 0.15) is 6.10 Å². The summed E-state index contributed by atoms with van der Waals surface area (Å²) in [6.45, 7) is 15.3. The van der Waals surface area contributed by atoms with E-state index in [0.717, 1.165) is 5.57 Å². The van der Waals surface area contributed by atoms with Crippen LogP contribution in [-0.4, -0.2) is 123 Å². The minimum absolute atomic E-state index is 0.00650. The molecule has 3 aliphatic heterocycles. The molecule has 47 heavy (non-hydrogen) atoms. The van der Waals surface area contributed by atoms with Crippen LogP contribution in [0.25, 0.3) is 0 Å². The van der Waals surface area contributed by atoms with E-state index in [2.05, 4.69) is 4.90 Å². The topological polar surface area (TPSA) is 153 Å². The van der Waals surface area contributed by atoms with Gasteiger partial charge in [-0.15, -0.1) is 0 Å². The van der Waals surface area contributed by atoms with Crippen LogP contribution in [-0.2, 0) is 19.0 Å². The van der Waals surface area contributed by atoms with Gasteiger partial charge in [0.2, 0.25) is 0 Å². The van der Waals surface area contributed by atoms with Gasteiger partial charge < -0.3 is 44.4 Å². The first-order chi connectivity index (χ1) is 22.0. The van der Waals surface area contributed by atoms with E-state index in [1.807, 2.05) is 66.8 Å². The molecule has 0 saturated carbocycles. The molecule has 11 nitrogen and oxygen atoms in total. The summed E-state index contributed by atoms with van der Waals surface area (Å²) >= 11 is 0. The van der Waals surface area contributed by atoms with E-state index >= 15 is 0 Å². The third-order valence-electron chi connectivity index (χ3n) is 10.2. The van der Waals surface area contributed by atoms with Crippen molar-refractivity contribution in [2.45, 2.75) is 128 Å². The van der Waals surface area contributed by atoms with Crippen LogP contribution in [0.5, 0.6) is 0 Å². The lowest BCUT2D eigenvalue weighted by Gasteiger charge is -2.48. The number of amides is 1. The SMILES string of the molecule is CCO[C@]1(C)CC[C@@H](O)CC(=O)O[C@H](/C(C)=C/C=C/[C@](C)(O)C[C@H]2O[C@@H]2[C@@H](C)[C@@H](O)CC)[C@@H](C)/C=C/[C@H]1C1CN(C)CCN1C(=O)O. The van der Waals surface area contributed by atoms with Crippen LogP contribution in [0.2, 0.25) is 0 Å². The molecule has 0 spiro atoms. The maximum atomic E-state index is 13.0. The number of aliphatic hydroxyl groups is 3. The molecule has 268 valence electrons. The largest absolute Gasteiger partial charge is 0.465 e. The molecular formula is C36H60N2O9. The number of hydrogen-bond acceptors (Lipinski definition) is 9. The van der Waals surface area contributed by atoms with Gasteiger partial charge in [0, 0.05) is 50.4 Å². The standard InChI is InChI=1S/C36H60N2O9/c1-9-29(40)25(5)33-30(46-33)21-35(6,44)16-11-12-23(3)32-24(4)13-14-27(28-22-37(8)18-19-38(28)34(42)43)36(7,45-10-2)17-15-26(39)20-31(41)47-32/h11-14,16,24-30,32-33,39-40,44H,9-10,15,17-22H2,1-8H3,(H,42,43)/b14-13+,16-11+,23-12+/t24-,25-,26+,27-,28?,29-,30+,32+,33+,35-,36+/m0/s1. The van der Waals surface area contributed by atoms with Crippen LogP contribution < -0.4 is 0 Å². The van der Waals surface area contributed by atoms with Crippen LogP contribution in [0.1, 0.15) is 80.6 Å². The van der Waals surface area contributed by atoms with Crippen molar-refractivity contribution in [3.63, 3.8) is 0 Å². The molecule has 2 saturated heterocycles. The number of likely N-dealkylation sites (N-methyl/N-ethyl adjacent to an activating group) is 1. The summed E-state index contributed by atoms with van der Waals surface area (Å²) in [7, 11) is 1.98. The molecule has 0 aromatic heterocycles. The van der Waals surface area contributed by atoms with Gasteiger partial charge in [-0.25, -0.2) is 4.79 Å². The Labute approximate surface area is 281 Å². The fourth-order valence-electron chi connectivity index (χ4n) is 7.20. The van der Waals surface area contributed by atoms with Gasteiger partial charge in [0.15, 0.2) is 0 Å². The molecule has 3 aliphatic rings. The van der Waals surface area contributed by atoms with Crippen molar-refractivity contribution < 1.29 is 44.2 Å². The zero-order valence-corrected chi connectivity index (χ0v) is 29.7. The Kier molecular flexibility index (Phi) is 14.1. The molecule has 0 bridgehead atoms. The number of hydrogen-bond donors (Lipinski definition) is 4. The Morgan fingerprint density at radius 2 is 1.98 bits per heavy atom. The highest BCUT2D eigenvalue weighted by atomic mass is 16.6. The Bertz CT molecular complexity index is 1140. The number of epoxide rings is 1. The predicted molar refractivity (Wildman–Crippen MR) is 180 cm³/mol. The summed E-state index contributed by atoms with van der Waals surface area (Å²) in [5.41, 5.74) is -1.19. The third kappa shape index (κ3) is 10.9. The summed E-state index contributed by atoms with van der Waals surface area (Å²) in [6, 6.07) is -0.377. The number of carboxylic acid groups (broad SMARTS) is 1. The summed E-state index contributed by atoms with van der Waals surface area (Å²) < 4.78 is 18.1. The van der Waals surface area contributed by atoms with Gasteiger partial charge in [-0.05, 0) is 59.6 Å². The van der Waals surface area contributed by atoms with Crippen molar-refractivity contribution in [1.29, 1.82) is 0 Å². The highest BCUT2D eigenvalue weighted by Gasteiger charge is 2.47. The molecule has 1 unspecified atom stereocenters. The van der Waals surface area contributed by atoms with E-state index in [-0.39, 0.29) is 42.4 Å². The zero-order chi connectivity index (χ0) is 35.1. The van der Waals surface area contributed by atoms with E-state index in [1.54, 1.807) is 19.1 Å². The summed E-state index contributed by atoms with van der Waals surface area (Å²) in [6.07, 6.45) is 7.65. The lowest BCUT2D eigenvalue weighted by molar-refractivity contribution is -0.151. The molecule has 0 aromatic rings. The van der Waals surface area contributed by atoms with Gasteiger partial charge in [0.05, 0.1) is 48.1 Å². The number of ether oxygens (including phenoxy) is 3. The second-order valence-corrected chi connectivity index (χ2v) is 14.4. The number of cyclic esters (lactones) is 1. The molecule has 1 amide bonds. The van der Waals surface area contributed by atoms with Crippen molar-refractivity contribution in [3.8, 4) is 0 Å². The quantitative estimate of drug-likeness (QED) is 0.110. The highest BCUT2D eigenvalue weighted by Crippen LogP contribution is 2.38. The average molecular weight is 665 g/mol. The minimum Gasteiger partial charge on any atom is -0.465 e. The maximum Gasteiger partial charge on any atom is 0.407 e. The lowest BCUT2D eigenvalue weighted by atomic mass is 9.76. The number of rotatable bonds is 11. The Hall–Kier alpha value is -2.28. The number of esters is 1. The number of carbonyl (C=O) groups is 2. The van der Waals surface area contributed by atoms with Crippen molar-refractivity contribution >= 4 is 12.1 Å². The fourth-order valence-corrected chi connectivity index (χ4v) is 7.20. The molecular weight excluding hydrogens is 604 g/mol. The molecule has 3 heterocycles. The third-order valence-corrected chi connectivity index (χ3v) is 10.2. The number of nitrogens with zero attached hydrogens (tertiary/aromatic N) is 2. The summed E-state index contributed by atoms with van der Waals surface area (Å²) in [5, 5.41) is 42.2. The van der Waals surface area contributed by atoms with E-state index in [0.29, 0.717) is 51.9 Å². The van der Waals surface area contributed by atoms with Crippen LogP contribution >= 0.6 is 0 Å². The lowest BCUT2D eigenvalue weighted by Crippen LogP contribution is -2.60. The Balaban J connectivity index is 1.88. The maximum absolute atomic E-state index is 13.0. The van der Waals surface area contributed by atoms with Crippen LogP contribution in [0.4, 0.5) is 4.79 Å². The molecule has 0 radical (unpaired) electrons. The number of piperazine rings is 1. The van der Waals surface area contributed by atoms with Crippen molar-refractivity contribution in [1.82, 2.24) is 9.80 Å². The molecule has 11 atom stereocenters. The van der Waals surface area contributed by atoms with Gasteiger partial charge in [-0.1, -0.05) is 51.2 Å². The van der Waals surface area contributed by atoms with Gasteiger partial charge >= 0.3 is 12.1 Å². The van der Waals surface area contributed by atoms with E-state index < -0.39 is 41.6 Å². The Morgan fingerprint density at radius 3 is 2.62 bits per heavy atom. The first-order valence-corrected chi connectivity index (χ1v) is 17.3. The second-order valence-electron chi connectivity index (χ2n) is 14.4. The number of allylic oxidation sites excluding steroid dienone is 2. The second kappa shape index (κ2) is 16.9. The fraction of sp³-hybridized carbons (Fsp3) is 0.778. The first-order valence-electron chi connectivity index (χ1n) is 17.3. The van der Waals surface area contributed by atoms with Crippen molar-refractivity contribution in [2.75, 3.05) is 33.3 Å². The van der Waals surface area contributed by atoms with Crippen LogP contribution in [0.15, 0.2) is 36.0 Å². The monoisotopic (exact) mass is 664 g/mol. The molecule has 0 aliphatic carbocycles. The predicted octanol–water partition coefficient (Wildman–Crippen LogP) is 4.16. The summed E-state index contributed by atoms with van der Waals surface area (Å²) in [4.78, 5) is 29.0. The van der Waals surface area contributed by atoms with E-state index in [9.17, 15) is 30.0 Å². The normalized spacial score (nSPS) is 36.5. The molecule has 3 rings (SSSR count). The smallest absolute Gasteiger partial charge is 0.407 e. The van der Waals surface area contributed by atoms with Gasteiger partial charge in [0.25, 0.3) is 0 Å². The average Bonchev–Trinajstić information content (AvgIpc) is 3.75. The Morgan fingerprint density at radius 1 is 1.28 bits per heavy atom. The summed E-state index contributed by atoms with van der Waals surface area (Å²) in [5.74, 6) is -1.14. The zero-order valence-electron chi connectivity index (χ0n) is 29.7. The van der Waals surface area contributed by atoms with Crippen LogP contribution in [0, 0.1) is 17.8 Å². The van der Waals surface area contributed by atoms with Crippen molar-refractivity contribution in [2.24, 2.45) is 17.8 Å². The number of aliphatic hydroxyl groups excluding tert-OH is 2. The molecule has 2 fully saturated rings. The molecule has 0 aromatic carbocycles.